The molecule has 1 aromatic rings. The van der Waals surface area contributed by atoms with Gasteiger partial charge in [-0.25, -0.2) is 0 Å². The number of benzene rings is 1. The minimum Gasteiger partial charge on any atom is -0.327 e. The van der Waals surface area contributed by atoms with Gasteiger partial charge in [-0.2, -0.15) is 0 Å². The summed E-state index contributed by atoms with van der Waals surface area (Å²) in [5, 5.41) is 0. The molecule has 0 fully saturated rings. The van der Waals surface area contributed by atoms with Gasteiger partial charge in [0.2, 0.25) is 0 Å². The van der Waals surface area contributed by atoms with E-state index >= 15 is 0 Å². The highest BCUT2D eigenvalue weighted by molar-refractivity contribution is 5.85. The Labute approximate surface area is 93.1 Å². The Morgan fingerprint density at radius 2 is 1.79 bits per heavy atom. The lowest BCUT2D eigenvalue weighted by molar-refractivity contribution is 0.524. The van der Waals surface area contributed by atoms with Crippen molar-refractivity contribution in [2.75, 3.05) is 0 Å². The third kappa shape index (κ3) is 3.69. The van der Waals surface area contributed by atoms with E-state index in [0.29, 0.717) is 5.92 Å². The van der Waals surface area contributed by atoms with Gasteiger partial charge in [0, 0.05) is 6.04 Å². The van der Waals surface area contributed by atoms with Crippen LogP contribution in [-0.2, 0) is 0 Å². The van der Waals surface area contributed by atoms with Crippen LogP contribution >= 0.6 is 12.4 Å². The van der Waals surface area contributed by atoms with E-state index in [0.717, 1.165) is 0 Å². The van der Waals surface area contributed by atoms with E-state index in [2.05, 4.69) is 38.1 Å². The number of hydrogen-bond donors (Lipinski definition) is 1. The summed E-state index contributed by atoms with van der Waals surface area (Å²) < 4.78 is 0. The molecular weight excluding hydrogens is 194 g/mol. The van der Waals surface area contributed by atoms with Crippen LogP contribution in [0.3, 0.4) is 0 Å². The second kappa shape index (κ2) is 6.86. The molecule has 2 atom stereocenters. The Morgan fingerprint density at radius 3 is 2.21 bits per heavy atom. The molecule has 2 unspecified atom stereocenters. The second-order valence-corrected chi connectivity index (χ2v) is 3.66. The van der Waals surface area contributed by atoms with Crippen molar-refractivity contribution < 1.29 is 0 Å². The van der Waals surface area contributed by atoms with Crippen molar-refractivity contribution >= 4 is 12.4 Å². The van der Waals surface area contributed by atoms with Gasteiger partial charge in [0.15, 0.2) is 0 Å². The SMILES string of the molecule is CCCC(c1ccccc1)C(C)N.Cl. The van der Waals surface area contributed by atoms with Crippen LogP contribution in [0.5, 0.6) is 0 Å². The Balaban J connectivity index is 0.00000169. The second-order valence-electron chi connectivity index (χ2n) is 3.66. The Kier molecular flexibility index (Phi) is 6.60. The Hall–Kier alpha value is -0.530. The van der Waals surface area contributed by atoms with Crippen molar-refractivity contribution in [2.24, 2.45) is 5.73 Å². The number of halogens is 1. The fourth-order valence-electron chi connectivity index (χ4n) is 1.74. The van der Waals surface area contributed by atoms with Crippen molar-refractivity contribution in [3.8, 4) is 0 Å². The molecule has 1 aromatic carbocycles. The molecule has 0 amide bonds. The highest BCUT2D eigenvalue weighted by atomic mass is 35.5. The van der Waals surface area contributed by atoms with Crippen molar-refractivity contribution in [1.29, 1.82) is 0 Å². The summed E-state index contributed by atoms with van der Waals surface area (Å²) in [4.78, 5) is 0. The van der Waals surface area contributed by atoms with Gasteiger partial charge in [-0.05, 0) is 24.8 Å². The van der Waals surface area contributed by atoms with Gasteiger partial charge in [-0.15, -0.1) is 12.4 Å². The van der Waals surface area contributed by atoms with Crippen molar-refractivity contribution in [2.45, 2.75) is 38.6 Å². The average molecular weight is 214 g/mol. The molecular formula is C12H20ClN. The van der Waals surface area contributed by atoms with E-state index in [4.69, 9.17) is 5.73 Å². The number of hydrogen-bond acceptors (Lipinski definition) is 1. The van der Waals surface area contributed by atoms with Crippen LogP contribution in [0.4, 0.5) is 0 Å². The Morgan fingerprint density at radius 1 is 1.21 bits per heavy atom. The lowest BCUT2D eigenvalue weighted by Crippen LogP contribution is -2.24. The van der Waals surface area contributed by atoms with Crippen LogP contribution in [0.2, 0.25) is 0 Å². The maximum absolute atomic E-state index is 5.95. The van der Waals surface area contributed by atoms with Gasteiger partial charge < -0.3 is 5.73 Å². The summed E-state index contributed by atoms with van der Waals surface area (Å²) in [5.41, 5.74) is 7.33. The summed E-state index contributed by atoms with van der Waals surface area (Å²) in [6.45, 7) is 4.30. The zero-order chi connectivity index (χ0) is 9.68. The number of nitrogens with two attached hydrogens (primary N) is 1. The molecule has 0 aliphatic heterocycles. The summed E-state index contributed by atoms with van der Waals surface area (Å²) in [7, 11) is 0. The highest BCUT2D eigenvalue weighted by Gasteiger charge is 2.13. The van der Waals surface area contributed by atoms with Crippen molar-refractivity contribution in [3.05, 3.63) is 35.9 Å². The maximum Gasteiger partial charge on any atom is 0.00793 e. The summed E-state index contributed by atoms with van der Waals surface area (Å²) in [6.07, 6.45) is 2.38. The molecule has 0 aliphatic carbocycles. The molecule has 0 heterocycles. The molecule has 0 bridgehead atoms. The topological polar surface area (TPSA) is 26.0 Å². The largest absolute Gasteiger partial charge is 0.327 e. The van der Waals surface area contributed by atoms with E-state index in [1.165, 1.54) is 18.4 Å². The maximum atomic E-state index is 5.95. The van der Waals surface area contributed by atoms with Crippen LogP contribution in [0, 0.1) is 0 Å². The molecule has 1 rings (SSSR count). The van der Waals surface area contributed by atoms with Gasteiger partial charge in [-0.1, -0.05) is 43.7 Å². The normalized spacial score (nSPS) is 14.2. The molecule has 2 heteroatoms. The molecule has 0 radical (unpaired) electrons. The zero-order valence-corrected chi connectivity index (χ0v) is 9.76. The number of rotatable bonds is 4. The first kappa shape index (κ1) is 13.5. The lowest BCUT2D eigenvalue weighted by atomic mass is 9.89. The standard InChI is InChI=1S/C12H19N.ClH/c1-3-7-12(10(2)13)11-8-5-4-6-9-11;/h4-6,8-10,12H,3,7,13H2,1-2H3;1H. The smallest absolute Gasteiger partial charge is 0.00793 e. The molecule has 0 aromatic heterocycles. The molecule has 0 saturated carbocycles. The molecule has 0 spiro atoms. The van der Waals surface area contributed by atoms with Crippen LogP contribution in [0.15, 0.2) is 30.3 Å². The minimum atomic E-state index is 0. The molecule has 0 saturated heterocycles. The molecule has 1 nitrogen and oxygen atoms in total. The van der Waals surface area contributed by atoms with E-state index in [-0.39, 0.29) is 18.4 Å². The van der Waals surface area contributed by atoms with Gasteiger partial charge in [0.25, 0.3) is 0 Å². The van der Waals surface area contributed by atoms with Crippen LogP contribution in [0.25, 0.3) is 0 Å². The summed E-state index contributed by atoms with van der Waals surface area (Å²) in [6, 6.07) is 10.8. The van der Waals surface area contributed by atoms with Crippen LogP contribution in [0.1, 0.15) is 38.2 Å². The third-order valence-corrected chi connectivity index (χ3v) is 2.46. The average Bonchev–Trinajstić information content (AvgIpc) is 2.15. The first-order chi connectivity index (χ1) is 6.25. The fraction of sp³-hybridized carbons (Fsp3) is 0.500. The van der Waals surface area contributed by atoms with Gasteiger partial charge in [0.1, 0.15) is 0 Å². The van der Waals surface area contributed by atoms with Gasteiger partial charge in [0.05, 0.1) is 0 Å². The predicted octanol–water partition coefficient (Wildman–Crippen LogP) is 3.34. The quantitative estimate of drug-likeness (QED) is 0.816. The van der Waals surface area contributed by atoms with E-state index in [1.807, 2.05) is 6.07 Å². The van der Waals surface area contributed by atoms with Crippen LogP contribution in [-0.4, -0.2) is 6.04 Å². The fourth-order valence-corrected chi connectivity index (χ4v) is 1.74. The monoisotopic (exact) mass is 213 g/mol. The summed E-state index contributed by atoms with van der Waals surface area (Å²) in [5.74, 6) is 0.520. The molecule has 0 aliphatic rings. The first-order valence-electron chi connectivity index (χ1n) is 5.06. The molecule has 80 valence electrons. The van der Waals surface area contributed by atoms with E-state index < -0.39 is 0 Å². The lowest BCUT2D eigenvalue weighted by Gasteiger charge is -2.20. The van der Waals surface area contributed by atoms with Gasteiger partial charge >= 0.3 is 0 Å². The van der Waals surface area contributed by atoms with Crippen molar-refractivity contribution in [1.82, 2.24) is 0 Å². The summed E-state index contributed by atoms with van der Waals surface area (Å²) >= 11 is 0. The molecule has 2 N–H and O–H groups in total. The highest BCUT2D eigenvalue weighted by Crippen LogP contribution is 2.23. The van der Waals surface area contributed by atoms with Gasteiger partial charge in [-0.3, -0.25) is 0 Å². The van der Waals surface area contributed by atoms with Crippen molar-refractivity contribution in [3.63, 3.8) is 0 Å². The predicted molar refractivity (Wildman–Crippen MR) is 65.0 cm³/mol. The first-order valence-corrected chi connectivity index (χ1v) is 5.06. The zero-order valence-electron chi connectivity index (χ0n) is 8.94. The van der Waals surface area contributed by atoms with E-state index in [1.54, 1.807) is 0 Å². The third-order valence-electron chi connectivity index (χ3n) is 2.46. The molecule has 14 heavy (non-hydrogen) atoms. The van der Waals surface area contributed by atoms with Crippen LogP contribution < -0.4 is 5.73 Å². The Bertz CT molecular complexity index is 233. The minimum absolute atomic E-state index is 0. The van der Waals surface area contributed by atoms with E-state index in [9.17, 15) is 0 Å².